The van der Waals surface area contributed by atoms with Gasteiger partial charge in [-0.3, -0.25) is 19.7 Å². The maximum Gasteiger partial charge on any atom is 0.253 e. The highest BCUT2D eigenvalue weighted by Gasteiger charge is 2.71. The molecule has 3 aliphatic heterocycles. The number of carbonyl (C=O) groups excluding carboxylic acids is 3. The number of amides is 3. The number of para-hydroxylation sites is 1. The summed E-state index contributed by atoms with van der Waals surface area (Å²) in [6, 6.07) is 23.7. The van der Waals surface area contributed by atoms with Crippen LogP contribution in [0.3, 0.4) is 0 Å². The van der Waals surface area contributed by atoms with E-state index in [0.29, 0.717) is 23.7 Å². The van der Waals surface area contributed by atoms with E-state index in [0.717, 1.165) is 22.4 Å². The summed E-state index contributed by atoms with van der Waals surface area (Å²) >= 11 is 6.22. The number of rotatable bonds is 5. The molecule has 3 aliphatic rings. The number of anilines is 2. The number of nitrogens with zero attached hydrogens (tertiary/aromatic N) is 2. The third-order valence-electron chi connectivity index (χ3n) is 7.66. The van der Waals surface area contributed by atoms with E-state index in [2.05, 4.69) is 11.9 Å². The van der Waals surface area contributed by atoms with E-state index in [1.807, 2.05) is 61.5 Å². The molecule has 0 aliphatic carbocycles. The van der Waals surface area contributed by atoms with E-state index in [1.165, 1.54) is 4.90 Å². The molecule has 6 nitrogen and oxygen atoms in total. The van der Waals surface area contributed by atoms with Gasteiger partial charge in [0.15, 0.2) is 0 Å². The van der Waals surface area contributed by atoms with Crippen LogP contribution in [-0.4, -0.2) is 30.3 Å². The number of carbonyl (C=O) groups is 3. The molecular formula is C30H26ClN3O3. The monoisotopic (exact) mass is 511 g/mol. The number of nitrogens with one attached hydrogen (secondary N) is 1. The lowest BCUT2D eigenvalue weighted by Crippen LogP contribution is -2.55. The second kappa shape index (κ2) is 8.68. The van der Waals surface area contributed by atoms with Gasteiger partial charge in [0, 0.05) is 28.9 Å². The predicted octanol–water partition coefficient (Wildman–Crippen LogP) is 4.48. The molecule has 3 heterocycles. The van der Waals surface area contributed by atoms with Crippen LogP contribution in [0.4, 0.5) is 11.4 Å². The Morgan fingerprint density at radius 1 is 0.973 bits per heavy atom. The Kier molecular flexibility index (Phi) is 5.55. The summed E-state index contributed by atoms with van der Waals surface area (Å²) in [5.74, 6) is -2.53. The Hall–Kier alpha value is -3.74. The lowest BCUT2D eigenvalue weighted by molar-refractivity contribution is -0.132. The molecule has 0 bridgehead atoms. The molecule has 3 aromatic carbocycles. The second-order valence-electron chi connectivity index (χ2n) is 10.1. The highest BCUT2D eigenvalue weighted by molar-refractivity contribution is 6.31. The van der Waals surface area contributed by atoms with E-state index in [1.54, 1.807) is 29.2 Å². The van der Waals surface area contributed by atoms with Crippen molar-refractivity contribution in [2.24, 2.45) is 11.8 Å². The minimum absolute atomic E-state index is 0.226. The van der Waals surface area contributed by atoms with Crippen LogP contribution in [0.25, 0.3) is 0 Å². The molecule has 3 amide bonds. The summed E-state index contributed by atoms with van der Waals surface area (Å²) in [5, 5.41) is 3.98. The predicted molar refractivity (Wildman–Crippen MR) is 143 cm³/mol. The third-order valence-corrected chi connectivity index (χ3v) is 7.89. The largest absolute Gasteiger partial charge is 0.306 e. The second-order valence-corrected chi connectivity index (χ2v) is 10.5. The molecule has 4 atom stereocenters. The fraction of sp³-hybridized carbons (Fsp3) is 0.233. The zero-order valence-electron chi connectivity index (χ0n) is 20.4. The summed E-state index contributed by atoms with van der Waals surface area (Å²) in [7, 11) is 0. The number of hydrogen-bond donors (Lipinski definition) is 1. The normalized spacial score (nSPS) is 26.2. The Balaban J connectivity index is 1.52. The summed E-state index contributed by atoms with van der Waals surface area (Å²) < 4.78 is 0. The van der Waals surface area contributed by atoms with Gasteiger partial charge in [-0.1, -0.05) is 78.4 Å². The summed E-state index contributed by atoms with van der Waals surface area (Å²) in [6.45, 7) is 6.21. The Morgan fingerprint density at radius 2 is 1.70 bits per heavy atom. The third kappa shape index (κ3) is 3.47. The number of hydrogen-bond acceptors (Lipinski definition) is 4. The van der Waals surface area contributed by atoms with Gasteiger partial charge in [0.2, 0.25) is 11.8 Å². The van der Waals surface area contributed by atoms with Crippen molar-refractivity contribution < 1.29 is 14.4 Å². The van der Waals surface area contributed by atoms with Crippen molar-refractivity contribution in [3.05, 3.63) is 107 Å². The van der Waals surface area contributed by atoms with Crippen LogP contribution in [0.1, 0.15) is 18.1 Å². The fourth-order valence-electron chi connectivity index (χ4n) is 6.29. The van der Waals surface area contributed by atoms with Crippen molar-refractivity contribution >= 4 is 40.7 Å². The van der Waals surface area contributed by atoms with Gasteiger partial charge in [0.1, 0.15) is 5.54 Å². The molecule has 3 aromatic rings. The van der Waals surface area contributed by atoms with E-state index < -0.39 is 23.4 Å². The molecule has 2 saturated heterocycles. The standard InChI is InChI=1S/C30H26ClN3O3/c1-18(2)17-33-24-14-7-6-13-22(24)30(29(33)37)26-25(23(32-30)15-19-9-4-3-5-10-19)27(35)34(28(26)36)21-12-8-11-20(31)16-21/h3-14,16,23,25-26,32H,1,15,17H2,2H3/t23-,25-,26-,30+/m1/s1. The van der Waals surface area contributed by atoms with Crippen LogP contribution in [0, 0.1) is 11.8 Å². The first kappa shape index (κ1) is 23.6. The highest BCUT2D eigenvalue weighted by Crippen LogP contribution is 2.55. The molecule has 0 radical (unpaired) electrons. The molecule has 7 heteroatoms. The average molecular weight is 512 g/mol. The quantitative estimate of drug-likeness (QED) is 0.405. The Labute approximate surface area is 220 Å². The first-order valence-electron chi connectivity index (χ1n) is 12.3. The van der Waals surface area contributed by atoms with Crippen LogP contribution in [-0.2, 0) is 26.3 Å². The number of fused-ring (bicyclic) bond motifs is 4. The topological polar surface area (TPSA) is 69.7 Å². The summed E-state index contributed by atoms with van der Waals surface area (Å²) in [6.07, 6.45) is 0.502. The first-order chi connectivity index (χ1) is 17.8. The van der Waals surface area contributed by atoms with E-state index in [9.17, 15) is 14.4 Å². The van der Waals surface area contributed by atoms with Crippen molar-refractivity contribution in [1.29, 1.82) is 0 Å². The maximum absolute atomic E-state index is 14.3. The van der Waals surface area contributed by atoms with Gasteiger partial charge in [0.25, 0.3) is 5.91 Å². The lowest BCUT2D eigenvalue weighted by atomic mass is 9.76. The molecule has 1 N–H and O–H groups in total. The van der Waals surface area contributed by atoms with Gasteiger partial charge < -0.3 is 4.90 Å². The molecule has 2 fully saturated rings. The number of imide groups is 1. The maximum atomic E-state index is 14.3. The summed E-state index contributed by atoms with van der Waals surface area (Å²) in [5.41, 5.74) is 2.38. The van der Waals surface area contributed by atoms with Crippen LogP contribution < -0.4 is 15.1 Å². The van der Waals surface area contributed by atoms with Gasteiger partial charge in [-0.25, -0.2) is 4.90 Å². The van der Waals surface area contributed by atoms with Crippen molar-refractivity contribution in [2.75, 3.05) is 16.3 Å². The minimum atomic E-state index is -1.35. The Morgan fingerprint density at radius 3 is 2.43 bits per heavy atom. The van der Waals surface area contributed by atoms with Crippen molar-refractivity contribution in [3.63, 3.8) is 0 Å². The van der Waals surface area contributed by atoms with Crippen LogP contribution in [0.5, 0.6) is 0 Å². The minimum Gasteiger partial charge on any atom is -0.306 e. The highest BCUT2D eigenvalue weighted by atomic mass is 35.5. The van der Waals surface area contributed by atoms with Crippen LogP contribution in [0.2, 0.25) is 5.02 Å². The fourth-order valence-corrected chi connectivity index (χ4v) is 6.47. The zero-order valence-corrected chi connectivity index (χ0v) is 21.1. The first-order valence-corrected chi connectivity index (χ1v) is 12.7. The molecule has 1 spiro atoms. The average Bonchev–Trinajstić information content (AvgIpc) is 3.44. The van der Waals surface area contributed by atoms with Gasteiger partial charge >= 0.3 is 0 Å². The molecular weight excluding hydrogens is 486 g/mol. The van der Waals surface area contributed by atoms with Gasteiger partial charge in [-0.2, -0.15) is 0 Å². The lowest BCUT2D eigenvalue weighted by Gasteiger charge is -2.31. The Bertz CT molecular complexity index is 1460. The van der Waals surface area contributed by atoms with Crippen molar-refractivity contribution in [2.45, 2.75) is 24.9 Å². The van der Waals surface area contributed by atoms with Gasteiger partial charge in [0.05, 0.1) is 17.5 Å². The van der Waals surface area contributed by atoms with Crippen LogP contribution >= 0.6 is 11.6 Å². The number of halogens is 1. The summed E-state index contributed by atoms with van der Waals surface area (Å²) in [4.78, 5) is 45.4. The van der Waals surface area contributed by atoms with Crippen molar-refractivity contribution in [1.82, 2.24) is 5.32 Å². The van der Waals surface area contributed by atoms with E-state index in [-0.39, 0.29) is 17.7 Å². The molecule has 0 aromatic heterocycles. The van der Waals surface area contributed by atoms with Gasteiger partial charge in [-0.05, 0) is 43.2 Å². The van der Waals surface area contributed by atoms with E-state index in [4.69, 9.17) is 11.6 Å². The SMILES string of the molecule is C=C(C)CN1C(=O)[C@]2(N[C@H](Cc3ccccc3)[C@H]3C(=O)N(c4cccc(Cl)c4)C(=O)[C@@H]32)c2ccccc21. The van der Waals surface area contributed by atoms with Crippen molar-refractivity contribution in [3.8, 4) is 0 Å². The molecule has 0 saturated carbocycles. The van der Waals surface area contributed by atoms with E-state index >= 15 is 0 Å². The smallest absolute Gasteiger partial charge is 0.253 e. The molecule has 37 heavy (non-hydrogen) atoms. The molecule has 186 valence electrons. The number of benzene rings is 3. The zero-order chi connectivity index (χ0) is 25.9. The van der Waals surface area contributed by atoms with Gasteiger partial charge in [-0.15, -0.1) is 0 Å². The molecule has 0 unspecified atom stereocenters. The molecule has 6 rings (SSSR count). The van der Waals surface area contributed by atoms with Crippen LogP contribution in [0.15, 0.2) is 91.0 Å².